The van der Waals surface area contributed by atoms with Crippen molar-refractivity contribution in [2.75, 3.05) is 5.32 Å². The molecule has 0 radical (unpaired) electrons. The molecule has 0 bridgehead atoms. The van der Waals surface area contributed by atoms with E-state index < -0.39 is 10.1 Å². The van der Waals surface area contributed by atoms with Crippen LogP contribution in [0, 0.1) is 13.8 Å². The maximum atomic E-state index is 12.6. The monoisotopic (exact) mass is 417 g/mol. The summed E-state index contributed by atoms with van der Waals surface area (Å²) in [5.74, 6) is -0.232. The fourth-order valence-corrected chi connectivity index (χ4v) is 4.35. The van der Waals surface area contributed by atoms with Gasteiger partial charge in [-0.3, -0.25) is 10.1 Å². The molecular weight excluding hydrogens is 398 g/mol. The van der Waals surface area contributed by atoms with Crippen LogP contribution in [0.4, 0.5) is 5.13 Å². The lowest BCUT2D eigenvalue weighted by atomic mass is 10.2. The second kappa shape index (κ2) is 8.07. The zero-order valence-electron chi connectivity index (χ0n) is 15.6. The Balaban J connectivity index is 1.73. The molecule has 1 N–H and O–H groups in total. The Morgan fingerprint density at radius 1 is 1.11 bits per heavy atom. The van der Waals surface area contributed by atoms with Crippen molar-refractivity contribution in [3.05, 3.63) is 64.2 Å². The maximum Gasteiger partial charge on any atom is 0.339 e. The minimum absolute atomic E-state index is 0.123. The van der Waals surface area contributed by atoms with Crippen molar-refractivity contribution in [1.82, 2.24) is 10.2 Å². The summed E-state index contributed by atoms with van der Waals surface area (Å²) in [4.78, 5) is 12.4. The predicted molar refractivity (Wildman–Crippen MR) is 107 cm³/mol. The lowest BCUT2D eigenvalue weighted by molar-refractivity contribution is 0.102. The number of rotatable bonds is 6. The first-order chi connectivity index (χ1) is 13.3. The highest BCUT2D eigenvalue weighted by Crippen LogP contribution is 2.23. The maximum absolute atomic E-state index is 12.6. The fourth-order valence-electron chi connectivity index (χ4n) is 2.43. The van der Waals surface area contributed by atoms with Crippen molar-refractivity contribution in [3.8, 4) is 5.75 Å². The number of amides is 1. The van der Waals surface area contributed by atoms with E-state index in [0.29, 0.717) is 16.3 Å². The van der Waals surface area contributed by atoms with Crippen LogP contribution in [0.5, 0.6) is 5.75 Å². The Kier molecular flexibility index (Phi) is 5.76. The van der Waals surface area contributed by atoms with Gasteiger partial charge in [0.05, 0.1) is 0 Å². The number of aryl methyl sites for hydroxylation is 3. The van der Waals surface area contributed by atoms with Gasteiger partial charge in [0.15, 0.2) is 0 Å². The highest BCUT2D eigenvalue weighted by atomic mass is 32.2. The van der Waals surface area contributed by atoms with Gasteiger partial charge < -0.3 is 4.18 Å². The molecule has 2 aromatic carbocycles. The number of hydrogen-bond acceptors (Lipinski definition) is 7. The van der Waals surface area contributed by atoms with Crippen LogP contribution in [-0.4, -0.2) is 24.5 Å². The number of hydrogen-bond donors (Lipinski definition) is 1. The predicted octanol–water partition coefficient (Wildman–Crippen LogP) is 3.74. The Labute approximate surface area is 167 Å². The molecule has 0 unspecified atom stereocenters. The molecule has 28 heavy (non-hydrogen) atoms. The average molecular weight is 418 g/mol. The largest absolute Gasteiger partial charge is 0.379 e. The molecule has 1 aromatic heterocycles. The first-order valence-corrected chi connectivity index (χ1v) is 10.8. The molecule has 0 fully saturated rings. The Morgan fingerprint density at radius 3 is 2.46 bits per heavy atom. The van der Waals surface area contributed by atoms with Crippen molar-refractivity contribution in [3.63, 3.8) is 0 Å². The number of carbonyl (C=O) groups excluding carboxylic acids is 1. The minimum Gasteiger partial charge on any atom is -0.379 e. The molecule has 3 aromatic rings. The normalized spacial score (nSPS) is 11.2. The summed E-state index contributed by atoms with van der Waals surface area (Å²) in [6.45, 7) is 5.48. The number of carbonyl (C=O) groups is 1. The third-order valence-electron chi connectivity index (χ3n) is 3.93. The molecule has 1 amide bonds. The SMILES string of the molecule is CCc1nnc(NC(=O)c2ccc(OS(=O)(=O)c3cc(C)ccc3C)cc2)s1. The zero-order chi connectivity index (χ0) is 20.3. The van der Waals surface area contributed by atoms with Gasteiger partial charge >= 0.3 is 10.1 Å². The molecular formula is C19H19N3O4S2. The highest BCUT2D eigenvalue weighted by molar-refractivity contribution is 7.87. The van der Waals surface area contributed by atoms with E-state index in [0.717, 1.165) is 17.0 Å². The van der Waals surface area contributed by atoms with Crippen LogP contribution in [-0.2, 0) is 16.5 Å². The van der Waals surface area contributed by atoms with Crippen LogP contribution in [0.25, 0.3) is 0 Å². The standard InChI is InChI=1S/C19H19N3O4S2/c1-4-17-21-22-19(27-17)20-18(23)14-7-9-15(10-8-14)26-28(24,25)16-11-12(2)5-6-13(16)3/h5-11H,4H2,1-3H3,(H,20,22,23). The van der Waals surface area contributed by atoms with E-state index in [1.165, 1.54) is 35.6 Å². The number of benzene rings is 2. The fraction of sp³-hybridized carbons (Fsp3) is 0.211. The van der Waals surface area contributed by atoms with Crippen LogP contribution >= 0.6 is 11.3 Å². The van der Waals surface area contributed by atoms with Gasteiger partial charge in [-0.15, -0.1) is 10.2 Å². The number of aromatic nitrogens is 2. The van der Waals surface area contributed by atoms with Crippen LogP contribution in [0.15, 0.2) is 47.4 Å². The summed E-state index contributed by atoms with van der Waals surface area (Å²) in [5, 5.41) is 11.8. The summed E-state index contributed by atoms with van der Waals surface area (Å²) in [7, 11) is -3.97. The van der Waals surface area contributed by atoms with Gasteiger partial charge in [-0.05, 0) is 61.7 Å². The van der Waals surface area contributed by atoms with E-state index in [2.05, 4.69) is 15.5 Å². The van der Waals surface area contributed by atoms with Crippen molar-refractivity contribution >= 4 is 32.5 Å². The molecule has 0 saturated heterocycles. The Bertz CT molecular complexity index is 1110. The second-order valence-electron chi connectivity index (χ2n) is 6.14. The molecule has 9 heteroatoms. The summed E-state index contributed by atoms with van der Waals surface area (Å²) in [5.41, 5.74) is 1.78. The molecule has 0 aliphatic carbocycles. The van der Waals surface area contributed by atoms with E-state index in [1.807, 2.05) is 19.9 Å². The Hall–Kier alpha value is -2.78. The van der Waals surface area contributed by atoms with Crippen molar-refractivity contribution in [2.45, 2.75) is 32.1 Å². The van der Waals surface area contributed by atoms with Gasteiger partial charge in [0, 0.05) is 5.56 Å². The van der Waals surface area contributed by atoms with Crippen molar-refractivity contribution in [2.24, 2.45) is 0 Å². The van der Waals surface area contributed by atoms with E-state index in [1.54, 1.807) is 19.1 Å². The molecule has 3 rings (SSSR count). The van der Waals surface area contributed by atoms with Gasteiger partial charge in [0.1, 0.15) is 15.7 Å². The van der Waals surface area contributed by atoms with Gasteiger partial charge in [0.25, 0.3) is 5.91 Å². The summed E-state index contributed by atoms with van der Waals surface area (Å²) >= 11 is 1.31. The van der Waals surface area contributed by atoms with Gasteiger partial charge in [0.2, 0.25) is 5.13 Å². The topological polar surface area (TPSA) is 98.2 Å². The van der Waals surface area contributed by atoms with Crippen LogP contribution < -0.4 is 9.50 Å². The van der Waals surface area contributed by atoms with Crippen LogP contribution in [0.3, 0.4) is 0 Å². The first kappa shape index (κ1) is 20.0. The van der Waals surface area contributed by atoms with E-state index in [9.17, 15) is 13.2 Å². The first-order valence-electron chi connectivity index (χ1n) is 8.54. The van der Waals surface area contributed by atoms with Gasteiger partial charge in [-0.2, -0.15) is 8.42 Å². The molecule has 146 valence electrons. The lowest BCUT2D eigenvalue weighted by Gasteiger charge is -2.10. The van der Waals surface area contributed by atoms with E-state index in [4.69, 9.17) is 4.18 Å². The van der Waals surface area contributed by atoms with E-state index in [-0.39, 0.29) is 16.6 Å². The molecule has 0 aliphatic heterocycles. The van der Waals surface area contributed by atoms with Crippen LogP contribution in [0.2, 0.25) is 0 Å². The van der Waals surface area contributed by atoms with Crippen molar-refractivity contribution < 1.29 is 17.4 Å². The molecule has 0 saturated carbocycles. The lowest BCUT2D eigenvalue weighted by Crippen LogP contribution is -2.13. The minimum atomic E-state index is -3.97. The second-order valence-corrected chi connectivity index (χ2v) is 8.72. The number of anilines is 1. The number of nitrogens with zero attached hydrogens (tertiary/aromatic N) is 2. The van der Waals surface area contributed by atoms with Crippen molar-refractivity contribution in [1.29, 1.82) is 0 Å². The van der Waals surface area contributed by atoms with E-state index >= 15 is 0 Å². The van der Waals surface area contributed by atoms with Gasteiger partial charge in [-0.25, -0.2) is 0 Å². The third-order valence-corrected chi connectivity index (χ3v) is 6.30. The molecule has 0 spiro atoms. The summed E-state index contributed by atoms with van der Waals surface area (Å²) in [6.07, 6.45) is 0.745. The molecule has 0 aliphatic rings. The average Bonchev–Trinajstić information content (AvgIpc) is 3.11. The van der Waals surface area contributed by atoms with Gasteiger partial charge in [-0.1, -0.05) is 30.4 Å². The zero-order valence-corrected chi connectivity index (χ0v) is 17.2. The summed E-state index contributed by atoms with van der Waals surface area (Å²) < 4.78 is 30.3. The summed E-state index contributed by atoms with van der Waals surface area (Å²) in [6, 6.07) is 11.0. The Morgan fingerprint density at radius 2 is 1.82 bits per heavy atom. The molecule has 7 nitrogen and oxygen atoms in total. The molecule has 0 atom stereocenters. The van der Waals surface area contributed by atoms with Crippen LogP contribution in [0.1, 0.15) is 33.4 Å². The smallest absolute Gasteiger partial charge is 0.339 e. The third kappa shape index (κ3) is 4.55. The number of nitrogens with one attached hydrogen (secondary N) is 1. The highest BCUT2D eigenvalue weighted by Gasteiger charge is 2.20. The quantitative estimate of drug-likeness (QED) is 0.614. The molecule has 1 heterocycles.